The van der Waals surface area contributed by atoms with E-state index >= 15 is 0 Å². The number of piperazine rings is 1. The van der Waals surface area contributed by atoms with E-state index in [2.05, 4.69) is 24.1 Å². The van der Waals surface area contributed by atoms with Crippen LogP contribution in [0, 0.1) is 5.92 Å². The summed E-state index contributed by atoms with van der Waals surface area (Å²) in [6, 6.07) is 5.56. The lowest BCUT2D eigenvalue weighted by molar-refractivity contribution is -0.162. The second-order valence-electron chi connectivity index (χ2n) is 11.0. The van der Waals surface area contributed by atoms with Crippen molar-refractivity contribution >= 4 is 23.4 Å². The fraction of sp³-hybridized carbons (Fsp3) is 0.724. The predicted molar refractivity (Wildman–Crippen MR) is 144 cm³/mol. The van der Waals surface area contributed by atoms with Gasteiger partial charge < -0.3 is 15.0 Å². The average molecular weight is 518 g/mol. The van der Waals surface area contributed by atoms with Crippen molar-refractivity contribution in [1.29, 1.82) is 0 Å². The number of nitrogens with zero attached hydrogens (tertiary/aromatic N) is 2. The summed E-state index contributed by atoms with van der Waals surface area (Å²) in [5.74, 6) is 1.57. The van der Waals surface area contributed by atoms with Crippen LogP contribution in [0.5, 0.6) is 5.75 Å². The summed E-state index contributed by atoms with van der Waals surface area (Å²) in [5.41, 5.74) is 0.351. The lowest BCUT2D eigenvalue weighted by Crippen LogP contribution is -2.73. The Bertz CT molecular complexity index is 894. The highest BCUT2D eigenvalue weighted by Crippen LogP contribution is 2.36. The summed E-state index contributed by atoms with van der Waals surface area (Å²) < 4.78 is 5.70. The molecular weight excluding hydrogens is 474 g/mol. The molecule has 3 aliphatic rings. The van der Waals surface area contributed by atoms with Gasteiger partial charge in [-0.15, -0.1) is 0 Å². The summed E-state index contributed by atoms with van der Waals surface area (Å²) in [7, 11) is 0. The SMILES string of the molecule is CCCCN1C(=O)C(CC2CCCCC2)NC(=O)C12CCN(Cc1ccc(OCCC)cc1Cl)CC2. The standard InChI is InChI=1S/C29H44ClN3O3/c1-3-5-15-33-27(34)26(19-22-9-7-6-8-10-22)31-28(35)29(33)13-16-32(17-14-29)21-23-11-12-24(20-25(23)30)36-18-4-2/h11-12,20,22,26H,3-10,13-19,21H2,1-2H3,(H,31,35). The number of ether oxygens (including phenoxy) is 1. The lowest BCUT2D eigenvalue weighted by atomic mass is 9.79. The van der Waals surface area contributed by atoms with Crippen LogP contribution in [0.15, 0.2) is 18.2 Å². The fourth-order valence-corrected chi connectivity index (χ4v) is 6.45. The zero-order valence-electron chi connectivity index (χ0n) is 22.2. The van der Waals surface area contributed by atoms with Crippen LogP contribution in [-0.2, 0) is 16.1 Å². The molecule has 3 fully saturated rings. The van der Waals surface area contributed by atoms with Gasteiger partial charge in [0.15, 0.2) is 0 Å². The number of benzene rings is 1. The van der Waals surface area contributed by atoms with Crippen LogP contribution < -0.4 is 10.1 Å². The zero-order valence-corrected chi connectivity index (χ0v) is 23.0. The minimum atomic E-state index is -0.715. The Hall–Kier alpha value is -1.79. The minimum Gasteiger partial charge on any atom is -0.494 e. The second-order valence-corrected chi connectivity index (χ2v) is 11.4. The van der Waals surface area contributed by atoms with Gasteiger partial charge >= 0.3 is 0 Å². The topological polar surface area (TPSA) is 61.9 Å². The minimum absolute atomic E-state index is 0.0640. The first-order valence-electron chi connectivity index (χ1n) is 14.2. The Labute approximate surface area is 222 Å². The maximum atomic E-state index is 13.7. The van der Waals surface area contributed by atoms with Crippen molar-refractivity contribution in [2.75, 3.05) is 26.2 Å². The molecule has 2 heterocycles. The van der Waals surface area contributed by atoms with E-state index in [1.807, 2.05) is 23.1 Å². The molecule has 1 aliphatic carbocycles. The first kappa shape index (κ1) is 27.3. The quantitative estimate of drug-likeness (QED) is 0.441. The van der Waals surface area contributed by atoms with Crippen molar-refractivity contribution in [2.24, 2.45) is 5.92 Å². The lowest BCUT2D eigenvalue weighted by Gasteiger charge is -2.52. The Kier molecular flexibility index (Phi) is 9.57. The average Bonchev–Trinajstić information content (AvgIpc) is 2.89. The molecule has 6 nitrogen and oxygen atoms in total. The molecule has 4 rings (SSSR count). The Balaban J connectivity index is 1.41. The predicted octanol–water partition coefficient (Wildman–Crippen LogP) is 5.56. The first-order valence-corrected chi connectivity index (χ1v) is 14.6. The van der Waals surface area contributed by atoms with Crippen molar-refractivity contribution in [3.05, 3.63) is 28.8 Å². The summed E-state index contributed by atoms with van der Waals surface area (Å²) >= 11 is 6.56. The Morgan fingerprint density at radius 3 is 2.50 bits per heavy atom. The maximum absolute atomic E-state index is 13.7. The van der Waals surface area contributed by atoms with Crippen molar-refractivity contribution in [3.63, 3.8) is 0 Å². The molecule has 1 atom stereocenters. The maximum Gasteiger partial charge on any atom is 0.246 e. The third-order valence-corrected chi connectivity index (χ3v) is 8.76. The van der Waals surface area contributed by atoms with Crippen molar-refractivity contribution < 1.29 is 14.3 Å². The number of halogens is 1. The number of nitrogens with one attached hydrogen (secondary N) is 1. The number of hydrogen-bond donors (Lipinski definition) is 1. The van der Waals surface area contributed by atoms with Crippen molar-refractivity contribution in [1.82, 2.24) is 15.1 Å². The smallest absolute Gasteiger partial charge is 0.246 e. The van der Waals surface area contributed by atoms with Crippen LogP contribution in [0.3, 0.4) is 0 Å². The molecule has 0 aromatic heterocycles. The molecule has 36 heavy (non-hydrogen) atoms. The van der Waals surface area contributed by atoms with Gasteiger partial charge in [0, 0.05) is 31.2 Å². The molecule has 1 spiro atoms. The second kappa shape index (κ2) is 12.6. The summed E-state index contributed by atoms with van der Waals surface area (Å²) in [4.78, 5) is 31.7. The van der Waals surface area contributed by atoms with Crippen LogP contribution in [0.1, 0.15) is 90.0 Å². The molecule has 200 valence electrons. The number of likely N-dealkylation sites (tertiary alicyclic amines) is 1. The largest absolute Gasteiger partial charge is 0.494 e. The van der Waals surface area contributed by atoms with Crippen LogP contribution >= 0.6 is 11.6 Å². The van der Waals surface area contributed by atoms with E-state index in [1.54, 1.807) is 0 Å². The van der Waals surface area contributed by atoms with Crippen molar-refractivity contribution in [3.8, 4) is 5.75 Å². The molecule has 7 heteroatoms. The van der Waals surface area contributed by atoms with Gasteiger partial charge in [0.05, 0.1) is 6.61 Å². The van der Waals surface area contributed by atoms with Gasteiger partial charge in [0.2, 0.25) is 11.8 Å². The summed E-state index contributed by atoms with van der Waals surface area (Å²) in [6.07, 6.45) is 11.2. The van der Waals surface area contributed by atoms with Gasteiger partial charge in [-0.25, -0.2) is 0 Å². The fourth-order valence-electron chi connectivity index (χ4n) is 6.22. The van der Waals surface area contributed by atoms with Gasteiger partial charge in [0.1, 0.15) is 17.3 Å². The van der Waals surface area contributed by atoms with E-state index in [-0.39, 0.29) is 17.9 Å². The molecule has 1 aromatic rings. The van der Waals surface area contributed by atoms with Gasteiger partial charge in [0.25, 0.3) is 0 Å². The third kappa shape index (κ3) is 6.19. The van der Waals surface area contributed by atoms with Gasteiger partial charge in [-0.3, -0.25) is 14.5 Å². The van der Waals surface area contributed by atoms with E-state index < -0.39 is 5.54 Å². The molecule has 2 saturated heterocycles. The number of piperidine rings is 1. The van der Waals surface area contributed by atoms with E-state index in [1.165, 1.54) is 32.1 Å². The number of amides is 2. The number of hydrogen-bond acceptors (Lipinski definition) is 4. The van der Waals surface area contributed by atoms with Gasteiger partial charge in [-0.05, 0) is 55.7 Å². The molecule has 2 aliphatic heterocycles. The van der Waals surface area contributed by atoms with Crippen molar-refractivity contribution in [2.45, 2.75) is 103 Å². The molecule has 1 N–H and O–H groups in total. The highest BCUT2D eigenvalue weighted by atomic mass is 35.5. The van der Waals surface area contributed by atoms with Crippen LogP contribution in [0.4, 0.5) is 0 Å². The number of carbonyl (C=O) groups excluding carboxylic acids is 2. The highest BCUT2D eigenvalue weighted by molar-refractivity contribution is 6.31. The van der Waals surface area contributed by atoms with Crippen LogP contribution in [-0.4, -0.2) is 59.4 Å². The number of carbonyl (C=O) groups is 2. The van der Waals surface area contributed by atoms with Gasteiger partial charge in [-0.1, -0.05) is 70.0 Å². The molecule has 1 unspecified atom stereocenters. The van der Waals surface area contributed by atoms with E-state index in [4.69, 9.17) is 16.3 Å². The Morgan fingerprint density at radius 1 is 1.08 bits per heavy atom. The zero-order chi connectivity index (χ0) is 25.5. The summed E-state index contributed by atoms with van der Waals surface area (Å²) in [5, 5.41) is 3.91. The first-order chi connectivity index (χ1) is 17.5. The Morgan fingerprint density at radius 2 is 1.83 bits per heavy atom. The number of unbranched alkanes of at least 4 members (excludes halogenated alkanes) is 1. The van der Waals surface area contributed by atoms with Gasteiger partial charge in [-0.2, -0.15) is 0 Å². The van der Waals surface area contributed by atoms with E-state index in [0.717, 1.165) is 56.6 Å². The normalized spacial score (nSPS) is 23.2. The van der Waals surface area contributed by atoms with E-state index in [0.29, 0.717) is 36.9 Å². The molecule has 0 radical (unpaired) electrons. The third-order valence-electron chi connectivity index (χ3n) is 8.41. The van der Waals surface area contributed by atoms with E-state index in [9.17, 15) is 9.59 Å². The van der Waals surface area contributed by atoms with Crippen LogP contribution in [0.2, 0.25) is 5.02 Å². The summed E-state index contributed by atoms with van der Waals surface area (Å²) in [6.45, 7) is 7.85. The molecule has 1 saturated carbocycles. The highest BCUT2D eigenvalue weighted by Gasteiger charge is 2.53. The number of rotatable bonds is 10. The molecular formula is C29H44ClN3O3. The molecule has 0 bridgehead atoms. The molecule has 1 aromatic carbocycles. The van der Waals surface area contributed by atoms with Crippen LogP contribution in [0.25, 0.3) is 0 Å². The monoisotopic (exact) mass is 517 g/mol. The molecule has 2 amide bonds.